The minimum absolute atomic E-state index is 0.246. The van der Waals surface area contributed by atoms with Crippen molar-refractivity contribution >= 4 is 40.9 Å². The van der Waals surface area contributed by atoms with E-state index in [1.807, 2.05) is 29.7 Å². The molecule has 10 heteroatoms. The van der Waals surface area contributed by atoms with Crippen molar-refractivity contribution in [1.29, 1.82) is 0 Å². The highest BCUT2D eigenvalue weighted by Crippen LogP contribution is 2.22. The van der Waals surface area contributed by atoms with Gasteiger partial charge in [-0.3, -0.25) is 19.5 Å². The van der Waals surface area contributed by atoms with E-state index in [0.29, 0.717) is 32.1 Å². The molecule has 1 atom stereocenters. The van der Waals surface area contributed by atoms with Gasteiger partial charge >= 0.3 is 11.9 Å². The number of benzene rings is 1. The van der Waals surface area contributed by atoms with Crippen molar-refractivity contribution < 1.29 is 18.9 Å². The number of carbonyl (C=O) groups is 2. The van der Waals surface area contributed by atoms with Crippen molar-refractivity contribution in [3.8, 4) is 0 Å². The molecule has 0 aromatic heterocycles. The Bertz CT molecular complexity index is 957. The van der Waals surface area contributed by atoms with Gasteiger partial charge in [-0.2, -0.15) is 0 Å². The molecule has 0 aliphatic carbocycles. The number of amides is 3. The Morgan fingerprint density at radius 1 is 1.16 bits per heavy atom. The van der Waals surface area contributed by atoms with Crippen LogP contribution in [0.1, 0.15) is 6.92 Å². The maximum atomic E-state index is 12.9. The number of hydrogen-bond acceptors (Lipinski definition) is 6. The molecular weight excluding hydrogens is 432 g/mol. The molecule has 2 saturated heterocycles. The lowest BCUT2D eigenvalue weighted by atomic mass is 10.1. The van der Waals surface area contributed by atoms with Gasteiger partial charge in [0.25, 0.3) is 17.8 Å². The van der Waals surface area contributed by atoms with E-state index in [-0.39, 0.29) is 11.9 Å². The van der Waals surface area contributed by atoms with Gasteiger partial charge in [0.2, 0.25) is 0 Å². The van der Waals surface area contributed by atoms with Crippen LogP contribution in [0.2, 0.25) is 5.02 Å². The van der Waals surface area contributed by atoms with Crippen molar-refractivity contribution in [3.05, 3.63) is 29.3 Å². The standard InChI is InChI=1S/C22H30ClN6O3/c1-4-32-13-12-29-18(24-20-19(29)21(30)26(3)22(31)25(20)2)15-27-8-10-28(11-9-27)17-7-5-6-16(23)14-17/h5-7,14,19H,4,8-13,15H2,1-3H3/q+1. The van der Waals surface area contributed by atoms with Crippen LogP contribution in [0.4, 0.5) is 10.5 Å². The molecule has 4 rings (SSSR count). The fourth-order valence-corrected chi connectivity index (χ4v) is 4.56. The molecule has 1 unspecified atom stereocenters. The number of piperazine rings is 1. The highest BCUT2D eigenvalue weighted by atomic mass is 35.5. The van der Waals surface area contributed by atoms with Crippen LogP contribution in [-0.4, -0.2) is 116 Å². The Morgan fingerprint density at radius 3 is 2.59 bits per heavy atom. The summed E-state index contributed by atoms with van der Waals surface area (Å²) in [6.07, 6.45) is 0. The highest BCUT2D eigenvalue weighted by molar-refractivity contribution is 6.30. The van der Waals surface area contributed by atoms with E-state index in [1.54, 1.807) is 7.05 Å². The molecule has 1 aromatic carbocycles. The summed E-state index contributed by atoms with van der Waals surface area (Å²) in [5.74, 6) is 1.07. The predicted molar refractivity (Wildman–Crippen MR) is 124 cm³/mol. The van der Waals surface area contributed by atoms with Gasteiger partial charge < -0.3 is 9.64 Å². The molecule has 32 heavy (non-hydrogen) atoms. The number of aliphatic imine (C=N–C) groups is 1. The van der Waals surface area contributed by atoms with E-state index in [4.69, 9.17) is 21.3 Å². The van der Waals surface area contributed by atoms with E-state index >= 15 is 0 Å². The number of fused-ring (bicyclic) bond motifs is 1. The summed E-state index contributed by atoms with van der Waals surface area (Å²) in [6, 6.07) is 6.99. The molecule has 0 bridgehead atoms. The van der Waals surface area contributed by atoms with Gasteiger partial charge in [0, 0.05) is 57.6 Å². The first-order chi connectivity index (χ1) is 15.4. The van der Waals surface area contributed by atoms with Crippen LogP contribution in [-0.2, 0) is 9.53 Å². The SMILES string of the molecule is CCOCC[N+]1=C(CN2CCN(c3cccc(Cl)c3)CC2)N=C2C1C(=O)N(C)C(=O)N2C. The van der Waals surface area contributed by atoms with E-state index < -0.39 is 6.04 Å². The maximum absolute atomic E-state index is 12.9. The number of nitrogens with zero attached hydrogens (tertiary/aromatic N) is 6. The summed E-state index contributed by atoms with van der Waals surface area (Å²) in [6.45, 7) is 7.72. The summed E-state index contributed by atoms with van der Waals surface area (Å²) in [7, 11) is 3.19. The van der Waals surface area contributed by atoms with Crippen molar-refractivity contribution in [2.45, 2.75) is 13.0 Å². The van der Waals surface area contributed by atoms with Crippen LogP contribution in [0.25, 0.3) is 0 Å². The zero-order valence-electron chi connectivity index (χ0n) is 18.8. The van der Waals surface area contributed by atoms with Crippen molar-refractivity contribution in [3.63, 3.8) is 0 Å². The summed E-state index contributed by atoms with van der Waals surface area (Å²) < 4.78 is 7.55. The van der Waals surface area contributed by atoms with Gasteiger partial charge in [0.05, 0.1) is 6.61 Å². The molecule has 0 N–H and O–H groups in total. The maximum Gasteiger partial charge on any atom is 0.333 e. The molecule has 3 aliphatic heterocycles. The Morgan fingerprint density at radius 2 is 1.91 bits per heavy atom. The topological polar surface area (TPSA) is 71.7 Å². The fourth-order valence-electron chi connectivity index (χ4n) is 4.38. The number of amidine groups is 2. The van der Waals surface area contributed by atoms with Crippen LogP contribution >= 0.6 is 11.6 Å². The first-order valence-electron chi connectivity index (χ1n) is 11.0. The van der Waals surface area contributed by atoms with Gasteiger partial charge in [-0.15, -0.1) is 0 Å². The number of imide groups is 1. The Labute approximate surface area is 193 Å². The highest BCUT2D eigenvalue weighted by Gasteiger charge is 2.53. The zero-order valence-corrected chi connectivity index (χ0v) is 19.6. The predicted octanol–water partition coefficient (Wildman–Crippen LogP) is 1.21. The Balaban J connectivity index is 1.49. The zero-order chi connectivity index (χ0) is 22.8. The first-order valence-corrected chi connectivity index (χ1v) is 11.4. The molecule has 1 aromatic rings. The molecule has 3 aliphatic rings. The minimum Gasteiger partial charge on any atom is -0.378 e. The second-order valence-electron chi connectivity index (χ2n) is 8.16. The second kappa shape index (κ2) is 9.56. The van der Waals surface area contributed by atoms with Crippen molar-refractivity contribution in [2.75, 3.05) is 71.5 Å². The Hall–Kier alpha value is -2.49. The van der Waals surface area contributed by atoms with Crippen LogP contribution in [0, 0.1) is 0 Å². The fraction of sp³-hybridized carbons (Fsp3) is 0.545. The third-order valence-electron chi connectivity index (χ3n) is 6.20. The molecule has 3 amide bonds. The number of urea groups is 1. The smallest absolute Gasteiger partial charge is 0.333 e. The summed E-state index contributed by atoms with van der Waals surface area (Å²) in [5, 5.41) is 0.739. The summed E-state index contributed by atoms with van der Waals surface area (Å²) >= 11 is 6.15. The lowest BCUT2D eigenvalue weighted by molar-refractivity contribution is -0.539. The van der Waals surface area contributed by atoms with E-state index in [9.17, 15) is 9.59 Å². The lowest BCUT2D eigenvalue weighted by Crippen LogP contribution is -2.61. The molecule has 9 nitrogen and oxygen atoms in total. The molecule has 0 radical (unpaired) electrons. The largest absolute Gasteiger partial charge is 0.378 e. The van der Waals surface area contributed by atoms with Gasteiger partial charge in [-0.05, 0) is 30.1 Å². The number of hydrogen-bond donors (Lipinski definition) is 0. The van der Waals surface area contributed by atoms with Gasteiger partial charge in [0.15, 0.2) is 0 Å². The van der Waals surface area contributed by atoms with Gasteiger partial charge in [0.1, 0.15) is 13.1 Å². The Kier molecular flexibility index (Phi) is 6.78. The van der Waals surface area contributed by atoms with E-state index in [2.05, 4.69) is 15.9 Å². The van der Waals surface area contributed by atoms with E-state index in [0.717, 1.165) is 42.7 Å². The summed E-state index contributed by atoms with van der Waals surface area (Å²) in [4.78, 5) is 37.4. The molecule has 0 saturated carbocycles. The van der Waals surface area contributed by atoms with Crippen LogP contribution < -0.4 is 4.90 Å². The third kappa shape index (κ3) is 4.37. The molecular formula is C22H30ClN6O3+. The number of halogens is 1. The minimum atomic E-state index is -0.578. The van der Waals surface area contributed by atoms with Gasteiger partial charge in [-0.1, -0.05) is 17.7 Å². The molecule has 2 fully saturated rings. The quantitative estimate of drug-likeness (QED) is 0.451. The lowest BCUT2D eigenvalue weighted by Gasteiger charge is -2.35. The first kappa shape index (κ1) is 22.7. The number of ether oxygens (including phenoxy) is 1. The van der Waals surface area contributed by atoms with Crippen molar-refractivity contribution in [2.24, 2.45) is 4.99 Å². The monoisotopic (exact) mass is 461 g/mol. The summed E-state index contributed by atoms with van der Waals surface area (Å²) in [5.41, 5.74) is 1.13. The average molecular weight is 462 g/mol. The van der Waals surface area contributed by atoms with Gasteiger partial charge in [-0.25, -0.2) is 9.37 Å². The third-order valence-corrected chi connectivity index (χ3v) is 6.44. The number of rotatable bonds is 7. The van der Waals surface area contributed by atoms with Crippen molar-refractivity contribution in [1.82, 2.24) is 14.7 Å². The molecule has 0 spiro atoms. The van der Waals surface area contributed by atoms with Crippen LogP contribution in [0.5, 0.6) is 0 Å². The molecule has 172 valence electrons. The average Bonchev–Trinajstić information content (AvgIpc) is 3.15. The molecule has 3 heterocycles. The second-order valence-corrected chi connectivity index (χ2v) is 8.60. The normalized spacial score (nSPS) is 22.1. The number of carbonyl (C=O) groups excluding carboxylic acids is 2. The van der Waals surface area contributed by atoms with Crippen LogP contribution in [0.3, 0.4) is 0 Å². The van der Waals surface area contributed by atoms with E-state index in [1.165, 1.54) is 16.8 Å². The number of likely N-dealkylation sites (N-methyl/N-ethyl adjacent to an activating group) is 2. The van der Waals surface area contributed by atoms with Crippen LogP contribution in [0.15, 0.2) is 29.3 Å². The number of anilines is 1.